The van der Waals surface area contributed by atoms with Crippen LogP contribution in [0.4, 0.5) is 13.2 Å². The van der Waals surface area contributed by atoms with E-state index in [1.165, 1.54) is 17.4 Å². The Kier molecular flexibility index (Phi) is 4.04. The van der Waals surface area contributed by atoms with E-state index >= 15 is 0 Å². The van der Waals surface area contributed by atoms with Crippen LogP contribution in [0.15, 0.2) is 41.8 Å². The molecule has 2 aromatic heterocycles. The molecule has 0 aliphatic heterocycles. The van der Waals surface area contributed by atoms with Crippen LogP contribution in [-0.4, -0.2) is 4.57 Å². The third-order valence-electron chi connectivity index (χ3n) is 4.77. The normalized spacial score (nSPS) is 12.4. The van der Waals surface area contributed by atoms with Gasteiger partial charge in [-0.2, -0.15) is 13.2 Å². The fourth-order valence-corrected chi connectivity index (χ4v) is 4.76. The lowest BCUT2D eigenvalue weighted by atomic mass is 10.0. The van der Waals surface area contributed by atoms with E-state index in [4.69, 9.17) is 11.6 Å². The summed E-state index contributed by atoms with van der Waals surface area (Å²) in [7, 11) is 0. The third-order valence-corrected chi connectivity index (χ3v) is 5.95. The number of alkyl halides is 3. The van der Waals surface area contributed by atoms with Gasteiger partial charge in [-0.05, 0) is 49.6 Å². The van der Waals surface area contributed by atoms with Crippen molar-refractivity contribution in [3.05, 3.63) is 58.1 Å². The monoisotopic (exact) mass is 393 g/mol. The molecule has 4 rings (SSSR count). The van der Waals surface area contributed by atoms with E-state index in [1.807, 2.05) is 30.5 Å². The standard InChI is InChI=1S/C20H15ClF3NS/c1-3-25-11(2)19(15-9-13(21)5-7-17(15)25)16-10-26-18-8-12(20(22,23)24)4-6-14(16)18/h4-10H,3H2,1-2H3. The Hall–Kier alpha value is -1.98. The topological polar surface area (TPSA) is 4.93 Å². The van der Waals surface area contributed by atoms with Crippen LogP contribution in [0, 0.1) is 6.92 Å². The van der Waals surface area contributed by atoms with Gasteiger partial charge < -0.3 is 4.57 Å². The van der Waals surface area contributed by atoms with Gasteiger partial charge in [-0.1, -0.05) is 17.7 Å². The second kappa shape index (κ2) is 6.03. The first-order valence-electron chi connectivity index (χ1n) is 8.18. The quantitative estimate of drug-likeness (QED) is 0.332. The average molecular weight is 394 g/mol. The SMILES string of the molecule is CCn1c(C)c(-c2csc3cc(C(F)(F)F)ccc23)c2cc(Cl)ccc21. The van der Waals surface area contributed by atoms with Crippen LogP contribution in [0.5, 0.6) is 0 Å². The first kappa shape index (κ1) is 17.4. The van der Waals surface area contributed by atoms with Gasteiger partial charge in [-0.25, -0.2) is 0 Å². The Balaban J connectivity index is 2.02. The van der Waals surface area contributed by atoms with Gasteiger partial charge in [0.05, 0.1) is 5.56 Å². The number of rotatable bonds is 2. The molecule has 0 saturated carbocycles. The minimum absolute atomic E-state index is 0.617. The Morgan fingerprint density at radius 2 is 1.85 bits per heavy atom. The lowest BCUT2D eigenvalue weighted by Gasteiger charge is -2.07. The maximum absolute atomic E-state index is 13.0. The molecule has 4 aromatic rings. The van der Waals surface area contributed by atoms with Crippen LogP contribution in [0.1, 0.15) is 18.2 Å². The summed E-state index contributed by atoms with van der Waals surface area (Å²) < 4.78 is 41.8. The largest absolute Gasteiger partial charge is 0.416 e. The molecule has 0 atom stereocenters. The second-order valence-corrected chi connectivity index (χ2v) is 7.57. The number of halogens is 4. The van der Waals surface area contributed by atoms with Crippen LogP contribution in [0.2, 0.25) is 5.02 Å². The highest BCUT2D eigenvalue weighted by molar-refractivity contribution is 7.17. The molecule has 6 heteroatoms. The number of nitrogens with zero attached hydrogens (tertiary/aromatic N) is 1. The van der Waals surface area contributed by atoms with Gasteiger partial charge in [0.25, 0.3) is 0 Å². The Bertz CT molecular complexity index is 1140. The van der Waals surface area contributed by atoms with E-state index in [-0.39, 0.29) is 0 Å². The van der Waals surface area contributed by atoms with Crippen molar-refractivity contribution in [3.63, 3.8) is 0 Å². The highest BCUT2D eigenvalue weighted by Gasteiger charge is 2.31. The first-order chi connectivity index (χ1) is 12.3. The zero-order valence-electron chi connectivity index (χ0n) is 14.1. The summed E-state index contributed by atoms with van der Waals surface area (Å²) in [5.74, 6) is 0. The van der Waals surface area contributed by atoms with Crippen molar-refractivity contribution in [2.24, 2.45) is 0 Å². The van der Waals surface area contributed by atoms with Gasteiger partial charge in [0.15, 0.2) is 0 Å². The molecule has 2 heterocycles. The lowest BCUT2D eigenvalue weighted by molar-refractivity contribution is -0.137. The molecular weight excluding hydrogens is 379 g/mol. The van der Waals surface area contributed by atoms with E-state index in [0.29, 0.717) is 9.72 Å². The van der Waals surface area contributed by atoms with E-state index in [0.717, 1.165) is 45.7 Å². The lowest BCUT2D eigenvalue weighted by Crippen LogP contribution is -2.03. The number of benzene rings is 2. The number of aryl methyl sites for hydroxylation is 1. The van der Waals surface area contributed by atoms with Gasteiger partial charge in [0, 0.05) is 49.4 Å². The fourth-order valence-electron chi connectivity index (χ4n) is 3.60. The molecule has 2 aromatic carbocycles. The van der Waals surface area contributed by atoms with Crippen molar-refractivity contribution in [2.45, 2.75) is 26.6 Å². The van der Waals surface area contributed by atoms with Crippen LogP contribution in [-0.2, 0) is 12.7 Å². The minimum Gasteiger partial charge on any atom is -0.345 e. The molecule has 0 aliphatic carbocycles. The molecule has 0 bridgehead atoms. The van der Waals surface area contributed by atoms with Gasteiger partial charge in [0.2, 0.25) is 0 Å². The summed E-state index contributed by atoms with van der Waals surface area (Å²) in [6.07, 6.45) is -4.33. The van der Waals surface area contributed by atoms with Crippen molar-refractivity contribution < 1.29 is 13.2 Å². The molecule has 0 unspecified atom stereocenters. The van der Waals surface area contributed by atoms with E-state index in [1.54, 1.807) is 6.07 Å². The van der Waals surface area contributed by atoms with Crippen molar-refractivity contribution in [3.8, 4) is 11.1 Å². The Morgan fingerprint density at radius 3 is 2.54 bits per heavy atom. The highest BCUT2D eigenvalue weighted by atomic mass is 35.5. The van der Waals surface area contributed by atoms with Crippen molar-refractivity contribution in [1.29, 1.82) is 0 Å². The van der Waals surface area contributed by atoms with Crippen molar-refractivity contribution in [1.82, 2.24) is 4.57 Å². The number of thiophene rings is 1. The van der Waals surface area contributed by atoms with Crippen LogP contribution in [0.25, 0.3) is 32.1 Å². The molecule has 0 amide bonds. The molecule has 0 saturated heterocycles. The fraction of sp³-hybridized carbons (Fsp3) is 0.200. The number of aromatic nitrogens is 1. The molecule has 0 aliphatic rings. The molecule has 0 spiro atoms. The predicted molar refractivity (Wildman–Crippen MR) is 103 cm³/mol. The smallest absolute Gasteiger partial charge is 0.345 e. The molecular formula is C20H15ClF3NS. The summed E-state index contributed by atoms with van der Waals surface area (Å²) in [5, 5.41) is 4.44. The average Bonchev–Trinajstić information content (AvgIpc) is 3.11. The Morgan fingerprint density at radius 1 is 1.08 bits per heavy atom. The summed E-state index contributed by atoms with van der Waals surface area (Å²) in [6, 6.07) is 9.74. The minimum atomic E-state index is -4.33. The van der Waals surface area contributed by atoms with Gasteiger partial charge in [-0.15, -0.1) is 11.3 Å². The highest BCUT2D eigenvalue weighted by Crippen LogP contribution is 2.43. The van der Waals surface area contributed by atoms with Crippen LogP contribution in [0.3, 0.4) is 0 Å². The van der Waals surface area contributed by atoms with E-state index in [9.17, 15) is 13.2 Å². The summed E-state index contributed by atoms with van der Waals surface area (Å²) in [4.78, 5) is 0. The van der Waals surface area contributed by atoms with Gasteiger partial charge in [-0.3, -0.25) is 0 Å². The molecule has 26 heavy (non-hydrogen) atoms. The number of hydrogen-bond donors (Lipinski definition) is 0. The number of hydrogen-bond acceptors (Lipinski definition) is 1. The molecule has 0 fully saturated rings. The molecule has 134 valence electrons. The summed E-state index contributed by atoms with van der Waals surface area (Å²) in [5.41, 5.74) is 3.54. The first-order valence-corrected chi connectivity index (χ1v) is 9.44. The van der Waals surface area contributed by atoms with Gasteiger partial charge >= 0.3 is 6.18 Å². The predicted octanol–water partition coefficient (Wildman–Crippen LogP) is 7.52. The van der Waals surface area contributed by atoms with Crippen LogP contribution < -0.4 is 0 Å². The van der Waals surface area contributed by atoms with Crippen LogP contribution >= 0.6 is 22.9 Å². The van der Waals surface area contributed by atoms with Crippen molar-refractivity contribution >= 4 is 43.9 Å². The zero-order chi connectivity index (χ0) is 18.6. The van der Waals surface area contributed by atoms with Crippen molar-refractivity contribution in [2.75, 3.05) is 0 Å². The van der Waals surface area contributed by atoms with E-state index in [2.05, 4.69) is 11.5 Å². The molecule has 0 radical (unpaired) electrons. The van der Waals surface area contributed by atoms with E-state index < -0.39 is 11.7 Å². The molecule has 1 nitrogen and oxygen atoms in total. The summed E-state index contributed by atoms with van der Waals surface area (Å²) in [6.45, 7) is 4.93. The second-order valence-electron chi connectivity index (χ2n) is 6.22. The maximum Gasteiger partial charge on any atom is 0.416 e. The molecule has 0 N–H and O–H groups in total. The van der Waals surface area contributed by atoms with Gasteiger partial charge in [0.1, 0.15) is 0 Å². The third kappa shape index (κ3) is 2.61. The maximum atomic E-state index is 13.0. The number of fused-ring (bicyclic) bond motifs is 2. The zero-order valence-corrected chi connectivity index (χ0v) is 15.7. The summed E-state index contributed by atoms with van der Waals surface area (Å²) >= 11 is 7.55. The Labute approximate surface area is 157 Å².